The lowest BCUT2D eigenvalue weighted by Gasteiger charge is -2.72. The second-order valence-electron chi connectivity index (χ2n) is 18.7. The summed E-state index contributed by atoms with van der Waals surface area (Å²) < 4.78 is 25.8. The molecule has 7 heteroatoms. The Hall–Kier alpha value is -2.67. The Labute approximate surface area is 293 Å². The van der Waals surface area contributed by atoms with Crippen LogP contribution in [0.2, 0.25) is 0 Å². The molecule has 4 fully saturated rings. The number of hydrogen-bond donors (Lipinski definition) is 2. The molecule has 0 aromatic heterocycles. The summed E-state index contributed by atoms with van der Waals surface area (Å²) in [5.41, 5.74) is 2.00. The van der Waals surface area contributed by atoms with E-state index < -0.39 is 17.4 Å². The van der Waals surface area contributed by atoms with Gasteiger partial charge in [-0.25, -0.2) is 14.0 Å². The monoisotopic (exact) mass is 677 g/mol. The minimum atomic E-state index is -0.658. The van der Waals surface area contributed by atoms with Gasteiger partial charge < -0.3 is 19.9 Å². The molecule has 6 nitrogen and oxygen atoms in total. The predicted molar refractivity (Wildman–Crippen MR) is 191 cm³/mol. The van der Waals surface area contributed by atoms with E-state index in [2.05, 4.69) is 52.6 Å². The quantitative estimate of drug-likeness (QED) is 0.240. The lowest BCUT2D eigenvalue weighted by atomic mass is 9.33. The van der Waals surface area contributed by atoms with Gasteiger partial charge in [0.1, 0.15) is 11.4 Å². The van der Waals surface area contributed by atoms with E-state index in [-0.39, 0.29) is 57.3 Å². The highest BCUT2D eigenvalue weighted by Gasteiger charge is 2.70. The third-order valence-corrected chi connectivity index (χ3v) is 15.2. The molecule has 1 amide bonds. The number of ether oxygens (including phenoxy) is 2. The number of amides is 1. The van der Waals surface area contributed by atoms with Gasteiger partial charge in [0.15, 0.2) is 0 Å². The Kier molecular flexibility index (Phi) is 8.81. The van der Waals surface area contributed by atoms with Crippen LogP contribution in [0.15, 0.2) is 36.4 Å². The van der Waals surface area contributed by atoms with Gasteiger partial charge in [0.25, 0.3) is 0 Å². The van der Waals surface area contributed by atoms with Crippen molar-refractivity contribution in [2.45, 2.75) is 124 Å². The van der Waals surface area contributed by atoms with E-state index in [0.29, 0.717) is 17.8 Å². The number of halogens is 1. The predicted octanol–water partition coefficient (Wildman–Crippen LogP) is 9.51. The molecule has 1 aromatic rings. The molecule has 3 unspecified atom stereocenters. The molecule has 1 aromatic carbocycles. The number of fused-ring (bicyclic) bond motifs is 7. The zero-order valence-corrected chi connectivity index (χ0v) is 31.4. The fourth-order valence-electron chi connectivity index (χ4n) is 13.0. The molecule has 2 N–H and O–H groups in total. The van der Waals surface area contributed by atoms with Crippen LogP contribution in [0.1, 0.15) is 129 Å². The molecular formula is C42H60FNO5. The van der Waals surface area contributed by atoms with Gasteiger partial charge in [-0.2, -0.15) is 0 Å². The van der Waals surface area contributed by atoms with E-state index >= 15 is 4.39 Å². The van der Waals surface area contributed by atoms with Crippen LogP contribution in [0.4, 0.5) is 9.18 Å². The number of alkyl carbamates (subject to hydrolysis) is 1. The maximum Gasteiger partial charge on any atom is 0.408 e. The summed E-state index contributed by atoms with van der Waals surface area (Å²) in [7, 11) is 1.27. The van der Waals surface area contributed by atoms with Crippen molar-refractivity contribution in [1.29, 1.82) is 0 Å². The van der Waals surface area contributed by atoms with Crippen LogP contribution in [0.25, 0.3) is 5.57 Å². The average molecular weight is 678 g/mol. The Morgan fingerprint density at radius 2 is 1.69 bits per heavy atom. The van der Waals surface area contributed by atoms with E-state index in [9.17, 15) is 14.7 Å². The summed E-state index contributed by atoms with van der Waals surface area (Å²) >= 11 is 0. The molecule has 6 rings (SSSR count). The van der Waals surface area contributed by atoms with Crippen molar-refractivity contribution in [2.75, 3.05) is 13.7 Å². The van der Waals surface area contributed by atoms with E-state index in [0.717, 1.165) is 68.9 Å². The largest absolute Gasteiger partial charge is 0.465 e. The number of carbonyl (C=O) groups excluding carboxylic acids is 2. The van der Waals surface area contributed by atoms with Crippen molar-refractivity contribution in [1.82, 2.24) is 5.32 Å². The summed E-state index contributed by atoms with van der Waals surface area (Å²) in [6, 6.07) is 4.95. The highest BCUT2D eigenvalue weighted by atomic mass is 19.1. The molecule has 270 valence electrons. The molecule has 9 atom stereocenters. The van der Waals surface area contributed by atoms with Gasteiger partial charge in [-0.15, -0.1) is 0 Å². The van der Waals surface area contributed by atoms with Crippen molar-refractivity contribution in [3.63, 3.8) is 0 Å². The fourth-order valence-corrected chi connectivity index (χ4v) is 13.0. The third-order valence-electron chi connectivity index (χ3n) is 15.2. The summed E-state index contributed by atoms with van der Waals surface area (Å²) in [6.45, 7) is 22.4. The van der Waals surface area contributed by atoms with Crippen LogP contribution in [0, 0.1) is 57.1 Å². The van der Waals surface area contributed by atoms with Gasteiger partial charge in [-0.05, 0) is 159 Å². The topological polar surface area (TPSA) is 84.9 Å². The molecule has 5 aliphatic carbocycles. The molecule has 0 bridgehead atoms. The average Bonchev–Trinajstić information content (AvgIpc) is 3.38. The highest BCUT2D eigenvalue weighted by Crippen LogP contribution is 2.76. The van der Waals surface area contributed by atoms with Crippen LogP contribution >= 0.6 is 0 Å². The maximum absolute atomic E-state index is 15.2. The smallest absolute Gasteiger partial charge is 0.408 e. The molecule has 0 heterocycles. The van der Waals surface area contributed by atoms with Crippen molar-refractivity contribution in [2.24, 2.45) is 51.2 Å². The van der Waals surface area contributed by atoms with E-state index in [1.165, 1.54) is 18.7 Å². The van der Waals surface area contributed by atoms with Gasteiger partial charge in [-0.1, -0.05) is 53.3 Å². The van der Waals surface area contributed by atoms with E-state index in [1.807, 2.05) is 26.8 Å². The number of benzene rings is 1. The number of esters is 1. The lowest BCUT2D eigenvalue weighted by molar-refractivity contribution is -0.219. The number of hydrogen-bond acceptors (Lipinski definition) is 5. The normalized spacial score (nSPS) is 39.3. The first-order valence-corrected chi connectivity index (χ1v) is 18.7. The Balaban J connectivity index is 1.34. The Morgan fingerprint density at radius 1 is 0.980 bits per heavy atom. The van der Waals surface area contributed by atoms with Crippen molar-refractivity contribution in [3.8, 4) is 0 Å². The van der Waals surface area contributed by atoms with Crippen LogP contribution in [0.5, 0.6) is 0 Å². The summed E-state index contributed by atoms with van der Waals surface area (Å²) in [5.74, 6) is 0.511. The zero-order chi connectivity index (χ0) is 35.9. The minimum Gasteiger partial charge on any atom is -0.465 e. The van der Waals surface area contributed by atoms with Crippen molar-refractivity contribution >= 4 is 17.6 Å². The molecule has 4 saturated carbocycles. The number of aliphatic hydroxyl groups is 1. The van der Waals surface area contributed by atoms with Crippen LogP contribution in [-0.4, -0.2) is 42.0 Å². The molecule has 49 heavy (non-hydrogen) atoms. The van der Waals surface area contributed by atoms with Gasteiger partial charge >= 0.3 is 12.1 Å². The first-order chi connectivity index (χ1) is 22.8. The maximum atomic E-state index is 15.2. The van der Waals surface area contributed by atoms with Gasteiger partial charge in [0.05, 0.1) is 19.3 Å². The first kappa shape index (κ1) is 36.1. The minimum absolute atomic E-state index is 0.0220. The number of methoxy groups -OCH3 is 1. The fraction of sp³-hybridized carbons (Fsp3) is 0.714. The Morgan fingerprint density at radius 3 is 2.33 bits per heavy atom. The second-order valence-corrected chi connectivity index (χ2v) is 18.7. The molecule has 0 saturated heterocycles. The molecule has 0 radical (unpaired) electrons. The van der Waals surface area contributed by atoms with Crippen LogP contribution in [0.3, 0.4) is 0 Å². The number of allylic oxidation sites excluding steroid dienone is 2. The number of carbonyl (C=O) groups is 2. The second kappa shape index (κ2) is 12.0. The number of rotatable bonds is 5. The third kappa shape index (κ3) is 5.42. The first-order valence-electron chi connectivity index (χ1n) is 18.7. The SMILES string of the molecule is C=C(CO)[C@@H]1CC[C@]2(NC(=O)OC(C)(C)C)CC[C@]3(C)[C@H](CCC4[C@@]5(C)CC=C(c6ccc(C(=O)OC)c(F)c6)C(C)(C)C5CC[C@]43C)C12. The summed E-state index contributed by atoms with van der Waals surface area (Å²) in [6.07, 6.45) is 11.2. The molecule has 0 spiro atoms. The molecule has 0 aliphatic heterocycles. The van der Waals surface area contributed by atoms with Crippen molar-refractivity contribution < 1.29 is 28.6 Å². The number of nitrogens with one attached hydrogen (secondary N) is 1. The highest BCUT2D eigenvalue weighted by molar-refractivity contribution is 5.90. The van der Waals surface area contributed by atoms with Crippen LogP contribution < -0.4 is 5.32 Å². The van der Waals surface area contributed by atoms with Gasteiger partial charge in [-0.3, -0.25) is 0 Å². The van der Waals surface area contributed by atoms with Crippen molar-refractivity contribution in [3.05, 3.63) is 53.4 Å². The van der Waals surface area contributed by atoms with E-state index in [4.69, 9.17) is 9.47 Å². The summed E-state index contributed by atoms with van der Waals surface area (Å²) in [4.78, 5) is 25.5. The Bertz CT molecular complexity index is 1560. The molecule has 5 aliphatic rings. The summed E-state index contributed by atoms with van der Waals surface area (Å²) in [5, 5.41) is 13.8. The van der Waals surface area contributed by atoms with E-state index in [1.54, 1.807) is 6.07 Å². The zero-order valence-electron chi connectivity index (χ0n) is 31.4. The lowest BCUT2D eigenvalue weighted by Crippen LogP contribution is -2.68. The number of aliphatic hydroxyl groups excluding tert-OH is 1. The van der Waals surface area contributed by atoms with Gasteiger partial charge in [0, 0.05) is 5.54 Å². The van der Waals surface area contributed by atoms with Gasteiger partial charge in [0.2, 0.25) is 0 Å². The standard InChI is InChI=1S/C42H60FNO5/c1-25(24-45)27-15-20-42(44-36(47)49-37(2,3)4)22-21-40(8)30(34(27)42)13-14-33-39(7)18-16-29(38(5,6)32(39)17-19-41(33,40)9)26-11-12-28(31(43)23-26)35(46)48-10/h11-12,16,23,27,30,32-34,45H,1,13-15,17-22,24H2,2-10H3,(H,44,47)/t27-,30+,32?,33?,34?,39-,40+,41+,42-/m0/s1. The molecular weight excluding hydrogens is 617 g/mol. The van der Waals surface area contributed by atoms with Crippen LogP contribution in [-0.2, 0) is 9.47 Å².